The summed E-state index contributed by atoms with van der Waals surface area (Å²) in [5, 5.41) is 0. The number of unbranched alkanes of at least 4 members (excludes halogenated alkanes) is 6. The minimum absolute atomic E-state index is 0.422. The van der Waals surface area contributed by atoms with Gasteiger partial charge in [0.05, 0.1) is 14.2 Å². The van der Waals surface area contributed by atoms with Crippen molar-refractivity contribution in [2.45, 2.75) is 90.9 Å². The van der Waals surface area contributed by atoms with E-state index in [0.29, 0.717) is 5.41 Å². The molecule has 0 bridgehead atoms. The lowest BCUT2D eigenvalue weighted by Crippen LogP contribution is -2.21. The highest BCUT2D eigenvalue weighted by molar-refractivity contribution is 5.52. The van der Waals surface area contributed by atoms with E-state index in [4.69, 9.17) is 9.47 Å². The van der Waals surface area contributed by atoms with Crippen LogP contribution in [0, 0.1) is 5.41 Å². The van der Waals surface area contributed by atoms with Gasteiger partial charge < -0.3 is 9.47 Å². The first kappa shape index (κ1) is 20.1. The van der Waals surface area contributed by atoms with E-state index >= 15 is 0 Å². The zero-order chi connectivity index (χ0) is 18.1. The topological polar surface area (TPSA) is 18.5 Å². The SMILES string of the molecule is CCCCCCC1(CCCCCC)Cc2c(OC)ccc(OC)c2C1. The molecule has 1 aliphatic carbocycles. The Morgan fingerprint density at radius 2 is 1.16 bits per heavy atom. The number of hydrogen-bond donors (Lipinski definition) is 0. The van der Waals surface area contributed by atoms with Crippen molar-refractivity contribution in [3.05, 3.63) is 23.3 Å². The van der Waals surface area contributed by atoms with Gasteiger partial charge in [0.1, 0.15) is 11.5 Å². The third-order valence-electron chi connectivity index (χ3n) is 6.01. The molecule has 0 atom stereocenters. The largest absolute Gasteiger partial charge is 0.496 e. The molecule has 1 aromatic carbocycles. The van der Waals surface area contributed by atoms with E-state index in [1.54, 1.807) is 14.2 Å². The lowest BCUT2D eigenvalue weighted by atomic mass is 9.75. The van der Waals surface area contributed by atoms with Crippen LogP contribution in [0.1, 0.15) is 89.2 Å². The summed E-state index contributed by atoms with van der Waals surface area (Å²) in [5.41, 5.74) is 3.24. The molecule has 0 radical (unpaired) electrons. The molecule has 25 heavy (non-hydrogen) atoms. The van der Waals surface area contributed by atoms with E-state index in [1.165, 1.54) is 88.2 Å². The zero-order valence-electron chi connectivity index (χ0n) is 17.0. The Bertz CT molecular complexity index is 474. The molecule has 1 aliphatic rings. The number of methoxy groups -OCH3 is 2. The Hall–Kier alpha value is -1.18. The first-order valence-electron chi connectivity index (χ1n) is 10.4. The molecular formula is C23H38O2. The molecule has 0 fully saturated rings. The number of fused-ring (bicyclic) bond motifs is 1. The van der Waals surface area contributed by atoms with Gasteiger partial charge in [-0.1, -0.05) is 65.2 Å². The first-order valence-corrected chi connectivity index (χ1v) is 10.4. The van der Waals surface area contributed by atoms with Crippen LogP contribution in [-0.4, -0.2) is 14.2 Å². The Morgan fingerprint density at radius 3 is 1.52 bits per heavy atom. The van der Waals surface area contributed by atoms with Crippen LogP contribution in [0.5, 0.6) is 11.5 Å². The molecule has 2 rings (SSSR count). The average molecular weight is 347 g/mol. The van der Waals surface area contributed by atoms with E-state index in [1.807, 2.05) is 0 Å². The van der Waals surface area contributed by atoms with E-state index < -0.39 is 0 Å². The molecule has 2 heteroatoms. The Balaban J connectivity index is 2.15. The summed E-state index contributed by atoms with van der Waals surface area (Å²) in [7, 11) is 3.59. The van der Waals surface area contributed by atoms with Gasteiger partial charge in [-0.05, 0) is 43.2 Å². The van der Waals surface area contributed by atoms with Gasteiger partial charge >= 0.3 is 0 Å². The fourth-order valence-corrected chi connectivity index (χ4v) is 4.56. The molecule has 0 saturated heterocycles. The van der Waals surface area contributed by atoms with Crippen molar-refractivity contribution in [2.24, 2.45) is 5.41 Å². The molecule has 2 nitrogen and oxygen atoms in total. The molecule has 0 spiro atoms. The summed E-state index contributed by atoms with van der Waals surface area (Å²) in [6.45, 7) is 4.59. The molecular weight excluding hydrogens is 308 g/mol. The molecule has 0 aliphatic heterocycles. The standard InChI is InChI=1S/C23H38O2/c1-5-7-9-11-15-23(16-12-10-8-6-2)17-19-20(18-23)22(25-4)14-13-21(19)24-3/h13-14H,5-12,15-18H2,1-4H3. The molecule has 0 N–H and O–H groups in total. The minimum atomic E-state index is 0.422. The number of hydrogen-bond acceptors (Lipinski definition) is 2. The third kappa shape index (κ3) is 5.15. The van der Waals surface area contributed by atoms with Crippen LogP contribution in [0.2, 0.25) is 0 Å². The van der Waals surface area contributed by atoms with Gasteiger partial charge in [0.15, 0.2) is 0 Å². The van der Waals surface area contributed by atoms with Crippen molar-refractivity contribution < 1.29 is 9.47 Å². The van der Waals surface area contributed by atoms with Gasteiger partial charge in [0.25, 0.3) is 0 Å². The van der Waals surface area contributed by atoms with Crippen molar-refractivity contribution >= 4 is 0 Å². The van der Waals surface area contributed by atoms with Gasteiger partial charge in [-0.3, -0.25) is 0 Å². The predicted octanol–water partition coefficient (Wildman–Crippen LogP) is 6.73. The maximum Gasteiger partial charge on any atom is 0.122 e. The highest BCUT2D eigenvalue weighted by atomic mass is 16.5. The first-order chi connectivity index (χ1) is 12.2. The highest BCUT2D eigenvalue weighted by Gasteiger charge is 2.39. The van der Waals surface area contributed by atoms with Gasteiger partial charge in [0.2, 0.25) is 0 Å². The van der Waals surface area contributed by atoms with Crippen LogP contribution in [0.15, 0.2) is 12.1 Å². The lowest BCUT2D eigenvalue weighted by Gasteiger charge is -2.29. The average Bonchev–Trinajstić information content (AvgIpc) is 3.01. The van der Waals surface area contributed by atoms with E-state index in [0.717, 1.165) is 11.5 Å². The predicted molar refractivity (Wildman–Crippen MR) is 107 cm³/mol. The van der Waals surface area contributed by atoms with Crippen molar-refractivity contribution in [1.82, 2.24) is 0 Å². The monoisotopic (exact) mass is 346 g/mol. The normalized spacial score (nSPS) is 15.2. The van der Waals surface area contributed by atoms with Gasteiger partial charge in [-0.15, -0.1) is 0 Å². The second-order valence-electron chi connectivity index (χ2n) is 7.90. The third-order valence-corrected chi connectivity index (χ3v) is 6.01. The van der Waals surface area contributed by atoms with Gasteiger partial charge in [-0.2, -0.15) is 0 Å². The van der Waals surface area contributed by atoms with Crippen LogP contribution in [0.25, 0.3) is 0 Å². The quantitative estimate of drug-likeness (QED) is 0.391. The van der Waals surface area contributed by atoms with E-state index in [2.05, 4.69) is 26.0 Å². The van der Waals surface area contributed by atoms with Crippen molar-refractivity contribution in [1.29, 1.82) is 0 Å². The summed E-state index contributed by atoms with van der Waals surface area (Å²) < 4.78 is 11.4. The van der Waals surface area contributed by atoms with Crippen LogP contribution in [0.4, 0.5) is 0 Å². The smallest absolute Gasteiger partial charge is 0.122 e. The fraction of sp³-hybridized carbons (Fsp3) is 0.739. The Kier molecular flexibility index (Phi) is 8.12. The maximum atomic E-state index is 5.68. The zero-order valence-corrected chi connectivity index (χ0v) is 17.0. The van der Waals surface area contributed by atoms with Gasteiger partial charge in [0, 0.05) is 11.1 Å². The molecule has 142 valence electrons. The molecule has 0 amide bonds. The van der Waals surface area contributed by atoms with Crippen LogP contribution >= 0.6 is 0 Å². The number of benzene rings is 1. The summed E-state index contributed by atoms with van der Waals surface area (Å²) in [5.74, 6) is 2.11. The lowest BCUT2D eigenvalue weighted by molar-refractivity contribution is 0.233. The van der Waals surface area contributed by atoms with Crippen molar-refractivity contribution in [3.8, 4) is 11.5 Å². The Labute approximate surface area is 155 Å². The van der Waals surface area contributed by atoms with Gasteiger partial charge in [-0.25, -0.2) is 0 Å². The summed E-state index contributed by atoms with van der Waals surface area (Å²) in [4.78, 5) is 0. The van der Waals surface area contributed by atoms with E-state index in [9.17, 15) is 0 Å². The summed E-state index contributed by atoms with van der Waals surface area (Å²) in [6.07, 6.45) is 15.9. The molecule has 0 unspecified atom stereocenters. The van der Waals surface area contributed by atoms with Crippen LogP contribution in [0.3, 0.4) is 0 Å². The molecule has 0 saturated carbocycles. The second-order valence-corrected chi connectivity index (χ2v) is 7.90. The maximum absolute atomic E-state index is 5.68. The van der Waals surface area contributed by atoms with Crippen molar-refractivity contribution in [2.75, 3.05) is 14.2 Å². The van der Waals surface area contributed by atoms with Crippen LogP contribution < -0.4 is 9.47 Å². The Morgan fingerprint density at radius 1 is 0.720 bits per heavy atom. The molecule has 0 aromatic heterocycles. The van der Waals surface area contributed by atoms with Crippen LogP contribution in [-0.2, 0) is 12.8 Å². The summed E-state index contributed by atoms with van der Waals surface area (Å²) >= 11 is 0. The fourth-order valence-electron chi connectivity index (χ4n) is 4.56. The molecule has 0 heterocycles. The number of rotatable bonds is 12. The summed E-state index contributed by atoms with van der Waals surface area (Å²) in [6, 6.07) is 4.17. The highest BCUT2D eigenvalue weighted by Crippen LogP contribution is 2.50. The minimum Gasteiger partial charge on any atom is -0.496 e. The number of ether oxygens (including phenoxy) is 2. The second kappa shape index (κ2) is 10.1. The van der Waals surface area contributed by atoms with Crippen molar-refractivity contribution in [3.63, 3.8) is 0 Å². The molecule has 1 aromatic rings. The van der Waals surface area contributed by atoms with E-state index in [-0.39, 0.29) is 0 Å².